The minimum atomic E-state index is -0.382. The second-order valence-electron chi connectivity index (χ2n) is 4.19. The van der Waals surface area contributed by atoms with Crippen molar-refractivity contribution in [3.63, 3.8) is 0 Å². The molecule has 0 aliphatic rings. The number of benzene rings is 1. The van der Waals surface area contributed by atoms with Gasteiger partial charge >= 0.3 is 0 Å². The lowest BCUT2D eigenvalue weighted by Crippen LogP contribution is -2.12. The van der Waals surface area contributed by atoms with Gasteiger partial charge in [0.05, 0.1) is 17.0 Å². The summed E-state index contributed by atoms with van der Waals surface area (Å²) in [5, 5.41) is 14.6. The van der Waals surface area contributed by atoms with E-state index in [1.807, 2.05) is 29.9 Å². The van der Waals surface area contributed by atoms with Crippen LogP contribution in [0.2, 0.25) is 5.02 Å². The number of rotatable bonds is 5. The van der Waals surface area contributed by atoms with Crippen LogP contribution >= 0.6 is 11.6 Å². The maximum Gasteiger partial charge on any atom is 0.274 e. The van der Waals surface area contributed by atoms with Crippen LogP contribution in [-0.4, -0.2) is 16.5 Å². The number of nitrogens with one attached hydrogen (secondary N) is 1. The summed E-state index contributed by atoms with van der Waals surface area (Å²) in [5.74, 6) is 0. The highest BCUT2D eigenvalue weighted by Gasteiger charge is 2.14. The van der Waals surface area contributed by atoms with E-state index < -0.39 is 0 Å². The summed E-state index contributed by atoms with van der Waals surface area (Å²) in [6.07, 6.45) is 1.90. The smallest absolute Gasteiger partial charge is 0.274 e. The van der Waals surface area contributed by atoms with Crippen molar-refractivity contribution >= 4 is 17.3 Å². The van der Waals surface area contributed by atoms with Crippen molar-refractivity contribution in [2.24, 2.45) is 0 Å². The van der Waals surface area contributed by atoms with Crippen molar-refractivity contribution < 1.29 is 4.92 Å². The molecule has 2 aromatic rings. The summed E-state index contributed by atoms with van der Waals surface area (Å²) in [6.45, 7) is 1.14. The Morgan fingerprint density at radius 3 is 2.89 bits per heavy atom. The van der Waals surface area contributed by atoms with E-state index in [9.17, 15) is 10.1 Å². The maximum atomic E-state index is 11.0. The Morgan fingerprint density at radius 1 is 1.42 bits per heavy atom. The largest absolute Gasteiger partial charge is 0.346 e. The van der Waals surface area contributed by atoms with Gasteiger partial charge in [-0.25, -0.2) is 0 Å². The Bertz CT molecular complexity index is 595. The number of nitrogens with zero attached hydrogens (tertiary/aromatic N) is 2. The van der Waals surface area contributed by atoms with Gasteiger partial charge in [-0.15, -0.1) is 0 Å². The lowest BCUT2D eigenvalue weighted by atomic mass is 10.2. The summed E-state index contributed by atoms with van der Waals surface area (Å²) >= 11 is 5.92. The highest BCUT2D eigenvalue weighted by Crippen LogP contribution is 2.24. The molecule has 0 spiro atoms. The highest BCUT2D eigenvalue weighted by atomic mass is 35.5. The van der Waals surface area contributed by atoms with E-state index in [-0.39, 0.29) is 10.6 Å². The number of aromatic nitrogens is 1. The second-order valence-corrected chi connectivity index (χ2v) is 4.62. The zero-order valence-corrected chi connectivity index (χ0v) is 11.2. The molecule has 19 heavy (non-hydrogen) atoms. The van der Waals surface area contributed by atoms with E-state index in [0.717, 1.165) is 5.69 Å². The molecule has 0 unspecified atom stereocenters. The number of nitro groups is 1. The fourth-order valence-corrected chi connectivity index (χ4v) is 2.18. The number of hydrogen-bond donors (Lipinski definition) is 1. The van der Waals surface area contributed by atoms with E-state index in [0.29, 0.717) is 23.7 Å². The van der Waals surface area contributed by atoms with Gasteiger partial charge in [-0.1, -0.05) is 11.6 Å². The van der Waals surface area contributed by atoms with Crippen LogP contribution in [0.5, 0.6) is 0 Å². The SMILES string of the molecule is CNCc1cccn1Cc1cc(Cl)ccc1[N+](=O)[O-]. The molecule has 0 fully saturated rings. The summed E-state index contributed by atoms with van der Waals surface area (Å²) < 4.78 is 1.97. The standard InChI is InChI=1S/C13H14ClN3O2/c1-15-8-12-3-2-6-16(12)9-10-7-11(14)4-5-13(10)17(18)19/h2-7,15H,8-9H2,1H3. The van der Waals surface area contributed by atoms with Crippen LogP contribution < -0.4 is 5.32 Å². The zero-order chi connectivity index (χ0) is 13.8. The quantitative estimate of drug-likeness (QED) is 0.676. The van der Waals surface area contributed by atoms with Gasteiger partial charge in [-0.05, 0) is 31.3 Å². The fourth-order valence-electron chi connectivity index (χ4n) is 1.99. The monoisotopic (exact) mass is 279 g/mol. The van der Waals surface area contributed by atoms with Crippen LogP contribution in [0.3, 0.4) is 0 Å². The van der Waals surface area contributed by atoms with Crippen molar-refractivity contribution in [1.29, 1.82) is 0 Å². The first-order chi connectivity index (χ1) is 9.11. The molecular formula is C13H14ClN3O2. The molecule has 0 atom stereocenters. The highest BCUT2D eigenvalue weighted by molar-refractivity contribution is 6.30. The molecule has 1 aromatic heterocycles. The molecular weight excluding hydrogens is 266 g/mol. The minimum absolute atomic E-state index is 0.0912. The van der Waals surface area contributed by atoms with Crippen molar-refractivity contribution in [2.75, 3.05) is 7.05 Å². The van der Waals surface area contributed by atoms with Crippen LogP contribution in [0.1, 0.15) is 11.3 Å². The van der Waals surface area contributed by atoms with Gasteiger partial charge < -0.3 is 9.88 Å². The van der Waals surface area contributed by atoms with Gasteiger partial charge in [0.25, 0.3) is 5.69 Å². The predicted molar refractivity (Wildman–Crippen MR) is 74.4 cm³/mol. The lowest BCUT2D eigenvalue weighted by molar-refractivity contribution is -0.385. The van der Waals surface area contributed by atoms with Gasteiger partial charge in [-0.3, -0.25) is 10.1 Å². The molecule has 0 aliphatic carbocycles. The Labute approximate surface area is 116 Å². The first-order valence-electron chi connectivity index (χ1n) is 5.83. The molecule has 0 radical (unpaired) electrons. The minimum Gasteiger partial charge on any atom is -0.346 e. The van der Waals surface area contributed by atoms with E-state index in [1.54, 1.807) is 6.07 Å². The topological polar surface area (TPSA) is 60.1 Å². The lowest BCUT2D eigenvalue weighted by Gasteiger charge is -2.09. The zero-order valence-electron chi connectivity index (χ0n) is 10.5. The average molecular weight is 280 g/mol. The van der Waals surface area contributed by atoms with Gasteiger partial charge in [0.2, 0.25) is 0 Å². The molecule has 0 bridgehead atoms. The molecule has 1 aromatic carbocycles. The number of hydrogen-bond acceptors (Lipinski definition) is 3. The third kappa shape index (κ3) is 3.13. The molecule has 2 rings (SSSR count). The molecule has 100 valence electrons. The van der Waals surface area contributed by atoms with Crippen molar-refractivity contribution in [1.82, 2.24) is 9.88 Å². The first-order valence-corrected chi connectivity index (χ1v) is 6.21. The third-order valence-corrected chi connectivity index (χ3v) is 3.10. The first kappa shape index (κ1) is 13.6. The Kier molecular flexibility index (Phi) is 4.19. The van der Waals surface area contributed by atoms with E-state index in [2.05, 4.69) is 5.32 Å². The summed E-state index contributed by atoms with van der Waals surface area (Å²) in [4.78, 5) is 10.6. The van der Waals surface area contributed by atoms with Crippen molar-refractivity contribution in [2.45, 2.75) is 13.1 Å². The Morgan fingerprint density at radius 2 is 2.21 bits per heavy atom. The molecule has 0 aliphatic heterocycles. The summed E-state index contributed by atoms with van der Waals surface area (Å²) in [6, 6.07) is 8.52. The molecule has 5 nitrogen and oxygen atoms in total. The molecule has 0 amide bonds. The van der Waals surface area contributed by atoms with Crippen molar-refractivity contribution in [3.8, 4) is 0 Å². The third-order valence-electron chi connectivity index (χ3n) is 2.86. The van der Waals surface area contributed by atoms with Crippen LogP contribution in [0, 0.1) is 10.1 Å². The summed E-state index contributed by atoms with van der Waals surface area (Å²) in [5.41, 5.74) is 1.76. The van der Waals surface area contributed by atoms with Gasteiger partial charge in [0.15, 0.2) is 0 Å². The van der Waals surface area contributed by atoms with E-state index in [1.165, 1.54) is 12.1 Å². The van der Waals surface area contributed by atoms with Crippen LogP contribution in [0.25, 0.3) is 0 Å². The molecule has 1 heterocycles. The summed E-state index contributed by atoms with van der Waals surface area (Å²) in [7, 11) is 1.86. The van der Waals surface area contributed by atoms with Gasteiger partial charge in [0, 0.05) is 29.5 Å². The fraction of sp³-hybridized carbons (Fsp3) is 0.231. The molecule has 1 N–H and O–H groups in total. The van der Waals surface area contributed by atoms with E-state index in [4.69, 9.17) is 11.6 Å². The number of nitro benzene ring substituents is 1. The second kappa shape index (κ2) is 5.86. The predicted octanol–water partition coefficient (Wildman–Crippen LogP) is 2.82. The molecule has 0 saturated heterocycles. The van der Waals surface area contributed by atoms with Crippen molar-refractivity contribution in [3.05, 3.63) is 62.9 Å². The Balaban J connectivity index is 2.34. The van der Waals surface area contributed by atoms with Crippen LogP contribution in [-0.2, 0) is 13.1 Å². The Hall–Kier alpha value is -1.85. The van der Waals surface area contributed by atoms with Crippen LogP contribution in [0.4, 0.5) is 5.69 Å². The van der Waals surface area contributed by atoms with Crippen LogP contribution in [0.15, 0.2) is 36.5 Å². The number of halogens is 1. The molecule has 6 heteroatoms. The average Bonchev–Trinajstić information content (AvgIpc) is 2.77. The normalized spacial score (nSPS) is 10.6. The van der Waals surface area contributed by atoms with Gasteiger partial charge in [0.1, 0.15) is 0 Å². The van der Waals surface area contributed by atoms with Gasteiger partial charge in [-0.2, -0.15) is 0 Å². The molecule has 0 saturated carbocycles. The van der Waals surface area contributed by atoms with E-state index >= 15 is 0 Å². The maximum absolute atomic E-state index is 11.0.